The van der Waals surface area contributed by atoms with Crippen LogP contribution in [-0.2, 0) is 61.3 Å². The smallest absolute Gasteiger partial charge is 0.544 e. The second-order valence-electron chi connectivity index (χ2n) is 13.8. The number of ketones is 2. The van der Waals surface area contributed by atoms with Gasteiger partial charge in [0, 0.05) is 44.4 Å². The van der Waals surface area contributed by atoms with Crippen molar-refractivity contribution < 1.29 is 132 Å². The number of ether oxygens (including phenoxy) is 5. The van der Waals surface area contributed by atoms with Gasteiger partial charge in [0.15, 0.2) is 17.8 Å². The van der Waals surface area contributed by atoms with Gasteiger partial charge in [-0.05, 0) is 12.5 Å². The Morgan fingerprint density at radius 2 is 1.68 bits per heavy atom. The Bertz CT molecular complexity index is 1700. The number of aliphatic carboxylic acids is 1. The Kier molecular flexibility index (Phi) is 24.4. The zero-order valence-electron chi connectivity index (χ0n) is 33.7. The largest absolute Gasteiger partial charge is 1.00 e. The van der Waals surface area contributed by atoms with Crippen LogP contribution in [0.4, 0.5) is 5.82 Å². The van der Waals surface area contributed by atoms with E-state index in [-0.39, 0.29) is 93.6 Å². The standard InChI is InChI=1S/C33H54N5O22P.Na/c34-24-3-5-38(32(50)37-24)30-28(47)27(46)23(58-30)17-57-61(51,52)60-33(31(48)49)13-21(42)20(29(59-33)26(45)22(43)15-39)12-19(41)14-36-25(44)4-7-54-9-11-55-10-8-53-6-1-2-18(40)16-56-35;/h3,5,20-23,26-30,39,42-43,45-47H,1-2,4,6-17,35H2,(H,36,44)(H,48,49)(H,51,52)(H2,34,37,50);/q;+1/p-1/t20?,21?,22-,23-,26-,27+,28?,29?,30-,33?;/m1./s1. The maximum atomic E-state index is 13.1. The van der Waals surface area contributed by atoms with Crippen LogP contribution in [-0.4, -0.2) is 183 Å². The second-order valence-corrected chi connectivity index (χ2v) is 15.2. The number of nitrogen functional groups attached to an aromatic ring is 1. The van der Waals surface area contributed by atoms with Crippen LogP contribution in [0.3, 0.4) is 0 Å². The van der Waals surface area contributed by atoms with Crippen molar-refractivity contribution in [2.24, 2.45) is 11.8 Å². The number of rotatable bonds is 29. The number of carboxylic acid groups (broad SMARTS) is 1. The van der Waals surface area contributed by atoms with Crippen molar-refractivity contribution in [3.63, 3.8) is 0 Å². The Labute approximate surface area is 375 Å². The fraction of sp³-hybridized carbons (Fsp3) is 0.758. The number of carbonyl (C=O) groups is 4. The molecule has 0 bridgehead atoms. The number of carboxylic acids is 1. The van der Waals surface area contributed by atoms with Gasteiger partial charge in [-0.15, -0.1) is 0 Å². The molecule has 2 fully saturated rings. The van der Waals surface area contributed by atoms with Crippen LogP contribution in [0.1, 0.15) is 38.3 Å². The number of hydrogen-bond donors (Lipinski definition) is 10. The van der Waals surface area contributed by atoms with Gasteiger partial charge in [-0.3, -0.25) is 28.3 Å². The van der Waals surface area contributed by atoms with E-state index in [1.807, 2.05) is 0 Å². The van der Waals surface area contributed by atoms with Gasteiger partial charge in [-0.2, -0.15) is 4.98 Å². The van der Waals surface area contributed by atoms with Gasteiger partial charge in [-0.25, -0.2) is 19.8 Å². The number of Topliss-reactive ketones (excluding diaryl/α,β-unsaturated/α-hetero) is 2. The van der Waals surface area contributed by atoms with E-state index in [1.54, 1.807) is 0 Å². The maximum absolute atomic E-state index is 13.1. The molecule has 27 nitrogen and oxygen atoms in total. The third-order valence-electron chi connectivity index (χ3n) is 9.23. The van der Waals surface area contributed by atoms with E-state index in [2.05, 4.69) is 15.1 Å². The average Bonchev–Trinajstić information content (AvgIpc) is 3.48. The van der Waals surface area contributed by atoms with E-state index in [1.165, 1.54) is 6.07 Å². The molecular formula is C33H53N5NaO22P. The predicted molar refractivity (Wildman–Crippen MR) is 196 cm³/mol. The van der Waals surface area contributed by atoms with Crippen molar-refractivity contribution in [1.29, 1.82) is 0 Å². The summed E-state index contributed by atoms with van der Waals surface area (Å²) in [4.78, 5) is 79.4. The normalized spacial score (nSPS) is 26.8. The molecule has 0 radical (unpaired) electrons. The number of aliphatic hydroxyl groups excluding tert-OH is 6. The van der Waals surface area contributed by atoms with E-state index >= 15 is 0 Å². The molecule has 2 aliphatic rings. The van der Waals surface area contributed by atoms with E-state index in [4.69, 9.17) is 44.4 Å². The molecule has 0 saturated carbocycles. The first-order valence-corrected chi connectivity index (χ1v) is 20.3. The SMILES string of the molecule is NOCC(=O)CCCOCCOCCOCCC(=O)NCC(=O)CC1C(O)CC(OP(=O)(O)OC[C@H]2O[C@@H](n3ccc(N)nc3=O)C(O)[C@H]2O)(C(=O)[O-])OC1[C@H](O)[C@H](O)CO.[Na+]. The summed E-state index contributed by atoms with van der Waals surface area (Å²) in [5.74, 6) is -4.26. The summed E-state index contributed by atoms with van der Waals surface area (Å²) in [5, 5.41) is 77.2. The summed E-state index contributed by atoms with van der Waals surface area (Å²) < 4.78 is 50.2. The molecule has 3 heterocycles. The van der Waals surface area contributed by atoms with Gasteiger partial charge >= 0.3 is 43.1 Å². The first kappa shape index (κ1) is 55.7. The molecule has 62 heavy (non-hydrogen) atoms. The van der Waals surface area contributed by atoms with Crippen LogP contribution in [0.5, 0.6) is 0 Å². The second kappa shape index (κ2) is 27.1. The molecule has 0 aliphatic carbocycles. The van der Waals surface area contributed by atoms with Crippen LogP contribution in [0.2, 0.25) is 0 Å². The molecule has 348 valence electrons. The van der Waals surface area contributed by atoms with Crippen molar-refractivity contribution in [1.82, 2.24) is 14.9 Å². The molecule has 2 saturated heterocycles. The summed E-state index contributed by atoms with van der Waals surface area (Å²) >= 11 is 0. The zero-order valence-corrected chi connectivity index (χ0v) is 36.6. The van der Waals surface area contributed by atoms with E-state index in [9.17, 15) is 69.2 Å². The van der Waals surface area contributed by atoms with Gasteiger partial charge in [0.1, 0.15) is 48.9 Å². The van der Waals surface area contributed by atoms with Crippen LogP contribution in [0, 0.1) is 5.92 Å². The Morgan fingerprint density at radius 3 is 2.29 bits per heavy atom. The number of hydrogen-bond acceptors (Lipinski definition) is 24. The minimum absolute atomic E-state index is 0. The molecule has 29 heteroatoms. The fourth-order valence-corrected chi connectivity index (χ4v) is 7.04. The number of amides is 1. The quantitative estimate of drug-likeness (QED) is 0.0154. The molecule has 1 aromatic heterocycles. The average molecular weight is 926 g/mol. The first-order valence-electron chi connectivity index (χ1n) is 18.8. The van der Waals surface area contributed by atoms with Gasteiger partial charge in [0.25, 0.3) is 0 Å². The molecule has 1 aromatic rings. The van der Waals surface area contributed by atoms with Crippen LogP contribution in [0.25, 0.3) is 0 Å². The van der Waals surface area contributed by atoms with E-state index in [0.29, 0.717) is 13.0 Å². The van der Waals surface area contributed by atoms with Gasteiger partial charge in [0.05, 0.1) is 65.0 Å². The minimum atomic E-state index is -5.67. The molecule has 1 amide bonds. The molecule has 2 aliphatic heterocycles. The molecule has 0 aromatic carbocycles. The fourth-order valence-electron chi connectivity index (χ4n) is 6.09. The molecular weight excluding hydrogens is 872 g/mol. The Morgan fingerprint density at radius 1 is 1.03 bits per heavy atom. The summed E-state index contributed by atoms with van der Waals surface area (Å²) in [5.41, 5.74) is 4.47. The summed E-state index contributed by atoms with van der Waals surface area (Å²) in [6.45, 7) is -1.85. The molecule has 0 spiro atoms. The van der Waals surface area contributed by atoms with Crippen molar-refractivity contribution in [3.8, 4) is 0 Å². The number of nitrogens with one attached hydrogen (secondary N) is 1. The molecule has 6 unspecified atom stereocenters. The summed E-state index contributed by atoms with van der Waals surface area (Å²) in [7, 11) is -5.67. The third kappa shape index (κ3) is 17.2. The summed E-state index contributed by atoms with van der Waals surface area (Å²) in [6.07, 6.45) is -15.6. The predicted octanol–water partition coefficient (Wildman–Crippen LogP) is -9.74. The van der Waals surface area contributed by atoms with Crippen molar-refractivity contribution in [2.45, 2.75) is 86.8 Å². The van der Waals surface area contributed by atoms with Gasteiger partial charge < -0.3 is 80.2 Å². The van der Waals surface area contributed by atoms with Crippen LogP contribution >= 0.6 is 7.82 Å². The number of anilines is 1. The van der Waals surface area contributed by atoms with Crippen molar-refractivity contribution in [2.75, 3.05) is 71.7 Å². The molecule has 3 rings (SSSR count). The maximum Gasteiger partial charge on any atom is 1.00 e. The zero-order chi connectivity index (χ0) is 45.3. The number of aliphatic hydroxyl groups is 6. The number of nitrogens with two attached hydrogens (primary N) is 2. The third-order valence-corrected chi connectivity index (χ3v) is 10.2. The molecule has 11 atom stereocenters. The number of phosphoric ester groups is 1. The number of nitrogens with zero attached hydrogens (tertiary/aromatic N) is 2. The van der Waals surface area contributed by atoms with E-state index in [0.717, 1.165) is 10.8 Å². The number of aromatic nitrogens is 2. The van der Waals surface area contributed by atoms with Crippen molar-refractivity contribution in [3.05, 3.63) is 22.7 Å². The monoisotopic (exact) mass is 925 g/mol. The van der Waals surface area contributed by atoms with Gasteiger partial charge in [-0.1, -0.05) is 0 Å². The van der Waals surface area contributed by atoms with Crippen molar-refractivity contribution >= 4 is 37.1 Å². The van der Waals surface area contributed by atoms with Crippen LogP contribution in [0.15, 0.2) is 17.1 Å². The van der Waals surface area contributed by atoms with Crippen LogP contribution < -0.4 is 57.3 Å². The first-order chi connectivity index (χ1) is 28.8. The number of phosphoric acid groups is 1. The Hall–Kier alpha value is -2.45. The topological polar surface area (TPSA) is 423 Å². The summed E-state index contributed by atoms with van der Waals surface area (Å²) in [6, 6.07) is 1.18. The minimum Gasteiger partial charge on any atom is -0.544 e. The van der Waals surface area contributed by atoms with E-state index < -0.39 is 124 Å². The molecule has 12 N–H and O–H groups in total. The Balaban J connectivity index is 0.0000132. The van der Waals surface area contributed by atoms with Gasteiger partial charge in [0.2, 0.25) is 11.7 Å². The number of carbonyl (C=O) groups excluding carboxylic acids is 4.